The van der Waals surface area contributed by atoms with Crippen molar-refractivity contribution in [2.45, 2.75) is 12.5 Å². The highest BCUT2D eigenvalue weighted by Gasteiger charge is 2.08. The lowest BCUT2D eigenvalue weighted by atomic mass is 10.2. The summed E-state index contributed by atoms with van der Waals surface area (Å²) in [5, 5.41) is 8.13. The molecule has 3 nitrogen and oxygen atoms in total. The van der Waals surface area contributed by atoms with Gasteiger partial charge in [0.15, 0.2) is 0 Å². The standard InChI is InChI=1S/C4H8ClNO2/c5-2-1-3(6)4(7)8/h3H,1-2,6H2,(H,7,8)/t3-/m0/s1. The number of alkyl halides is 1. The topological polar surface area (TPSA) is 63.3 Å². The predicted octanol–water partition coefficient (Wildman–Crippen LogP) is 0.0272. The Morgan fingerprint density at radius 1 is 1.88 bits per heavy atom. The minimum atomic E-state index is -0.995. The van der Waals surface area contributed by atoms with E-state index in [0.29, 0.717) is 12.3 Å². The van der Waals surface area contributed by atoms with Gasteiger partial charge < -0.3 is 10.8 Å². The Kier molecular flexibility index (Phi) is 3.56. The number of rotatable bonds is 3. The second-order valence-corrected chi connectivity index (χ2v) is 1.80. The summed E-state index contributed by atoms with van der Waals surface area (Å²) in [4.78, 5) is 9.91. The van der Waals surface area contributed by atoms with Gasteiger partial charge in [-0.25, -0.2) is 0 Å². The fourth-order valence-corrected chi connectivity index (χ4v) is 0.476. The zero-order valence-corrected chi connectivity index (χ0v) is 5.06. The molecule has 0 saturated heterocycles. The van der Waals surface area contributed by atoms with E-state index in [1.807, 2.05) is 0 Å². The molecule has 0 bridgehead atoms. The largest absolute Gasteiger partial charge is 0.480 e. The maximum atomic E-state index is 9.91. The summed E-state index contributed by atoms with van der Waals surface area (Å²) in [5.41, 5.74) is 5.04. The van der Waals surface area contributed by atoms with Crippen LogP contribution in [0.5, 0.6) is 0 Å². The third-order valence-corrected chi connectivity index (χ3v) is 0.956. The van der Waals surface area contributed by atoms with Crippen LogP contribution >= 0.6 is 11.6 Å². The van der Waals surface area contributed by atoms with Crippen LogP contribution in [0.15, 0.2) is 0 Å². The molecule has 0 heterocycles. The Hall–Kier alpha value is -0.280. The van der Waals surface area contributed by atoms with Gasteiger partial charge in [0, 0.05) is 5.88 Å². The number of carboxylic acids is 1. The van der Waals surface area contributed by atoms with Crippen molar-refractivity contribution in [1.29, 1.82) is 0 Å². The number of nitrogens with two attached hydrogens (primary N) is 1. The van der Waals surface area contributed by atoms with Crippen LogP contribution in [-0.2, 0) is 4.79 Å². The fourth-order valence-electron chi connectivity index (χ4n) is 0.241. The number of aliphatic carboxylic acids is 1. The molecule has 0 saturated carbocycles. The molecule has 0 aromatic carbocycles. The van der Waals surface area contributed by atoms with Gasteiger partial charge in [-0.15, -0.1) is 11.6 Å². The van der Waals surface area contributed by atoms with Crippen LogP contribution in [0.1, 0.15) is 6.42 Å². The molecule has 0 unspecified atom stereocenters. The number of hydrogen-bond acceptors (Lipinski definition) is 2. The zero-order valence-electron chi connectivity index (χ0n) is 4.30. The highest BCUT2D eigenvalue weighted by atomic mass is 35.5. The number of carboxylic acid groups (broad SMARTS) is 1. The Morgan fingerprint density at radius 3 is 2.50 bits per heavy atom. The van der Waals surface area contributed by atoms with E-state index in [9.17, 15) is 4.79 Å². The van der Waals surface area contributed by atoms with Crippen molar-refractivity contribution in [1.82, 2.24) is 0 Å². The van der Waals surface area contributed by atoms with Crippen LogP contribution in [0.2, 0.25) is 0 Å². The summed E-state index contributed by atoms with van der Waals surface area (Å²) in [5.74, 6) is -0.696. The number of halogens is 1. The minimum absolute atomic E-state index is 0.299. The molecule has 0 radical (unpaired) electrons. The first-order valence-electron chi connectivity index (χ1n) is 2.23. The van der Waals surface area contributed by atoms with Gasteiger partial charge >= 0.3 is 5.97 Å². The Morgan fingerprint density at radius 2 is 2.38 bits per heavy atom. The molecule has 0 aliphatic rings. The third-order valence-electron chi connectivity index (χ3n) is 0.737. The van der Waals surface area contributed by atoms with Crippen molar-refractivity contribution in [3.63, 3.8) is 0 Å². The van der Waals surface area contributed by atoms with Gasteiger partial charge in [0.1, 0.15) is 6.04 Å². The summed E-state index contributed by atoms with van der Waals surface area (Å²) in [6.07, 6.45) is 0.330. The fraction of sp³-hybridized carbons (Fsp3) is 0.750. The van der Waals surface area contributed by atoms with Gasteiger partial charge in [0.05, 0.1) is 0 Å². The van der Waals surface area contributed by atoms with Gasteiger partial charge in [0.2, 0.25) is 0 Å². The molecule has 0 rings (SSSR count). The maximum Gasteiger partial charge on any atom is 0.320 e. The molecule has 0 aliphatic heterocycles. The Balaban J connectivity index is 3.32. The molecule has 4 heteroatoms. The van der Waals surface area contributed by atoms with Gasteiger partial charge in [0.25, 0.3) is 0 Å². The van der Waals surface area contributed by atoms with E-state index in [1.54, 1.807) is 0 Å². The van der Waals surface area contributed by atoms with Crippen LogP contribution in [0.4, 0.5) is 0 Å². The third kappa shape index (κ3) is 2.82. The van der Waals surface area contributed by atoms with E-state index < -0.39 is 12.0 Å². The van der Waals surface area contributed by atoms with E-state index in [2.05, 4.69) is 0 Å². The molecule has 1 atom stereocenters. The molecule has 0 fully saturated rings. The van der Waals surface area contributed by atoms with Crippen molar-refractivity contribution in [2.24, 2.45) is 5.73 Å². The Labute approximate surface area is 52.4 Å². The van der Waals surface area contributed by atoms with Crippen molar-refractivity contribution in [3.05, 3.63) is 0 Å². The number of hydrogen-bond donors (Lipinski definition) is 2. The van der Waals surface area contributed by atoms with Crippen molar-refractivity contribution in [3.8, 4) is 0 Å². The van der Waals surface area contributed by atoms with E-state index in [-0.39, 0.29) is 0 Å². The predicted molar refractivity (Wildman–Crippen MR) is 30.9 cm³/mol. The first kappa shape index (κ1) is 7.72. The summed E-state index contributed by atoms with van der Waals surface area (Å²) < 4.78 is 0. The van der Waals surface area contributed by atoms with Crippen LogP contribution in [0.3, 0.4) is 0 Å². The highest BCUT2D eigenvalue weighted by Crippen LogP contribution is 1.89. The number of carbonyl (C=O) groups is 1. The normalized spacial score (nSPS) is 13.2. The van der Waals surface area contributed by atoms with Crippen LogP contribution in [-0.4, -0.2) is 23.0 Å². The second kappa shape index (κ2) is 3.69. The lowest BCUT2D eigenvalue weighted by Crippen LogP contribution is -2.30. The van der Waals surface area contributed by atoms with Crippen LogP contribution in [0, 0.1) is 0 Å². The first-order chi connectivity index (χ1) is 3.68. The smallest absolute Gasteiger partial charge is 0.320 e. The van der Waals surface area contributed by atoms with E-state index in [0.717, 1.165) is 0 Å². The van der Waals surface area contributed by atoms with Gasteiger partial charge in [-0.1, -0.05) is 0 Å². The van der Waals surface area contributed by atoms with E-state index in [1.165, 1.54) is 0 Å². The molecule has 0 amide bonds. The first-order valence-corrected chi connectivity index (χ1v) is 2.76. The molecule has 0 aromatic heterocycles. The highest BCUT2D eigenvalue weighted by molar-refractivity contribution is 6.18. The van der Waals surface area contributed by atoms with Crippen molar-refractivity contribution >= 4 is 17.6 Å². The monoisotopic (exact) mass is 137 g/mol. The van der Waals surface area contributed by atoms with E-state index >= 15 is 0 Å². The maximum absolute atomic E-state index is 9.91. The summed E-state index contributed by atoms with van der Waals surface area (Å²) in [6, 6.07) is -0.799. The Bertz CT molecular complexity index is 86.1. The minimum Gasteiger partial charge on any atom is -0.480 e. The lowest BCUT2D eigenvalue weighted by Gasteiger charge is -1.99. The molecular formula is C4H8ClNO2. The molecule has 48 valence electrons. The average molecular weight is 138 g/mol. The van der Waals surface area contributed by atoms with Crippen molar-refractivity contribution in [2.75, 3.05) is 5.88 Å². The summed E-state index contributed by atoms with van der Waals surface area (Å²) in [6.45, 7) is 0. The van der Waals surface area contributed by atoms with Crippen molar-refractivity contribution < 1.29 is 9.90 Å². The van der Waals surface area contributed by atoms with Gasteiger partial charge in [-0.05, 0) is 6.42 Å². The quantitative estimate of drug-likeness (QED) is 0.540. The molecule has 0 aliphatic carbocycles. The van der Waals surface area contributed by atoms with E-state index in [4.69, 9.17) is 22.4 Å². The lowest BCUT2D eigenvalue weighted by molar-refractivity contribution is -0.138. The molecule has 0 aromatic rings. The molecular weight excluding hydrogens is 130 g/mol. The SMILES string of the molecule is N[C@@H](CCCl)C(=O)O. The summed E-state index contributed by atoms with van der Waals surface area (Å²) >= 11 is 5.20. The van der Waals surface area contributed by atoms with Crippen LogP contribution in [0.25, 0.3) is 0 Å². The zero-order chi connectivity index (χ0) is 6.57. The second-order valence-electron chi connectivity index (χ2n) is 1.42. The summed E-state index contributed by atoms with van der Waals surface area (Å²) in [7, 11) is 0. The van der Waals surface area contributed by atoms with Gasteiger partial charge in [-0.3, -0.25) is 4.79 Å². The molecule has 0 spiro atoms. The molecule has 8 heavy (non-hydrogen) atoms. The average Bonchev–Trinajstić information content (AvgIpc) is 1.67. The van der Waals surface area contributed by atoms with Gasteiger partial charge in [-0.2, -0.15) is 0 Å². The molecule has 3 N–H and O–H groups in total. The van der Waals surface area contributed by atoms with Crippen LogP contribution < -0.4 is 5.73 Å².